The molecule has 0 bridgehead atoms. The van der Waals surface area contributed by atoms with Crippen LogP contribution in [0, 0.1) is 5.82 Å². The topological polar surface area (TPSA) is 41.5 Å². The van der Waals surface area contributed by atoms with Gasteiger partial charge in [0.2, 0.25) is 0 Å². The molecule has 1 unspecified atom stereocenters. The van der Waals surface area contributed by atoms with E-state index < -0.39 is 0 Å². The molecule has 0 fully saturated rings. The summed E-state index contributed by atoms with van der Waals surface area (Å²) in [5, 5.41) is 12.2. The molecule has 1 atom stereocenters. The van der Waals surface area contributed by atoms with Gasteiger partial charge in [0.15, 0.2) is 0 Å². The van der Waals surface area contributed by atoms with Gasteiger partial charge in [-0.05, 0) is 37.1 Å². The van der Waals surface area contributed by atoms with Gasteiger partial charge < -0.3 is 15.2 Å². The Labute approximate surface area is 124 Å². The lowest BCUT2D eigenvalue weighted by Gasteiger charge is -2.17. The lowest BCUT2D eigenvalue weighted by Crippen LogP contribution is -2.08. The number of anilines is 1. The average molecular weight is 289 g/mol. The Kier molecular flexibility index (Phi) is 5.17. The third-order valence-electron chi connectivity index (χ3n) is 3.41. The van der Waals surface area contributed by atoms with Crippen molar-refractivity contribution in [2.45, 2.75) is 19.4 Å². The van der Waals surface area contributed by atoms with Gasteiger partial charge in [-0.1, -0.05) is 18.2 Å². The van der Waals surface area contributed by atoms with Crippen molar-refractivity contribution >= 4 is 5.69 Å². The van der Waals surface area contributed by atoms with Crippen molar-refractivity contribution in [1.29, 1.82) is 0 Å². The fourth-order valence-electron chi connectivity index (χ4n) is 2.21. The van der Waals surface area contributed by atoms with Gasteiger partial charge in [-0.25, -0.2) is 4.39 Å². The predicted molar refractivity (Wildman–Crippen MR) is 82.2 cm³/mol. The van der Waals surface area contributed by atoms with Gasteiger partial charge in [0.1, 0.15) is 11.6 Å². The lowest BCUT2D eigenvalue weighted by molar-refractivity contribution is 0.299. The van der Waals surface area contributed by atoms with E-state index in [-0.39, 0.29) is 18.5 Å². The normalized spacial score (nSPS) is 12.0. The van der Waals surface area contributed by atoms with Crippen molar-refractivity contribution in [1.82, 2.24) is 0 Å². The first-order valence-electron chi connectivity index (χ1n) is 6.94. The minimum Gasteiger partial charge on any atom is -0.497 e. The first-order chi connectivity index (χ1) is 10.1. The second-order valence-electron chi connectivity index (χ2n) is 4.92. The van der Waals surface area contributed by atoms with E-state index >= 15 is 0 Å². The minimum atomic E-state index is -0.286. The van der Waals surface area contributed by atoms with Crippen LogP contribution in [0.1, 0.15) is 24.1 Å². The molecule has 0 aromatic heterocycles. The summed E-state index contributed by atoms with van der Waals surface area (Å²) in [7, 11) is 1.52. The first-order valence-corrected chi connectivity index (χ1v) is 6.94. The second kappa shape index (κ2) is 7.09. The smallest absolute Gasteiger partial charge is 0.132 e. The van der Waals surface area contributed by atoms with Crippen LogP contribution >= 0.6 is 0 Å². The Hall–Kier alpha value is -2.07. The van der Waals surface area contributed by atoms with E-state index in [0.717, 1.165) is 11.3 Å². The van der Waals surface area contributed by atoms with Crippen LogP contribution in [0.3, 0.4) is 0 Å². The largest absolute Gasteiger partial charge is 0.497 e. The number of ether oxygens (including phenoxy) is 1. The maximum atomic E-state index is 14.0. The fraction of sp³-hybridized carbons (Fsp3) is 0.294. The van der Waals surface area contributed by atoms with Crippen molar-refractivity contribution in [3.05, 3.63) is 59.4 Å². The Morgan fingerprint density at radius 2 is 1.90 bits per heavy atom. The summed E-state index contributed by atoms with van der Waals surface area (Å²) in [6, 6.07) is 12.5. The summed E-state index contributed by atoms with van der Waals surface area (Å²) in [6.45, 7) is 2.05. The van der Waals surface area contributed by atoms with Crippen LogP contribution < -0.4 is 10.1 Å². The van der Waals surface area contributed by atoms with E-state index in [2.05, 4.69) is 5.32 Å². The number of rotatable bonds is 6. The van der Waals surface area contributed by atoms with Gasteiger partial charge in [-0.15, -0.1) is 0 Å². The highest BCUT2D eigenvalue weighted by Gasteiger charge is 2.11. The molecule has 0 heterocycles. The molecule has 0 aliphatic carbocycles. The van der Waals surface area contributed by atoms with Crippen LogP contribution in [0.15, 0.2) is 42.5 Å². The van der Waals surface area contributed by atoms with E-state index in [9.17, 15) is 4.39 Å². The first kappa shape index (κ1) is 15.3. The Morgan fingerprint density at radius 1 is 1.19 bits per heavy atom. The number of benzene rings is 2. The molecule has 2 aromatic rings. The third kappa shape index (κ3) is 3.95. The van der Waals surface area contributed by atoms with E-state index in [0.29, 0.717) is 17.7 Å². The Balaban J connectivity index is 2.08. The summed E-state index contributed by atoms with van der Waals surface area (Å²) in [5.41, 5.74) is 2.58. The molecule has 2 N–H and O–H groups in total. The Bertz CT molecular complexity index is 584. The summed E-state index contributed by atoms with van der Waals surface area (Å²) < 4.78 is 19.0. The van der Waals surface area contributed by atoms with Crippen molar-refractivity contribution in [2.24, 2.45) is 0 Å². The molecule has 2 aromatic carbocycles. The number of aliphatic hydroxyl groups excluding tert-OH is 1. The van der Waals surface area contributed by atoms with Crippen molar-refractivity contribution in [2.75, 3.05) is 19.0 Å². The summed E-state index contributed by atoms with van der Waals surface area (Å²) in [4.78, 5) is 0. The van der Waals surface area contributed by atoms with Gasteiger partial charge in [0.25, 0.3) is 0 Å². The summed E-state index contributed by atoms with van der Waals surface area (Å²) in [5.74, 6) is 0.225. The minimum absolute atomic E-state index is 0.139. The number of hydrogen-bond acceptors (Lipinski definition) is 3. The maximum Gasteiger partial charge on any atom is 0.132 e. The zero-order valence-corrected chi connectivity index (χ0v) is 12.3. The SMILES string of the molecule is COc1ccc(C(C)Nc2ccc(CCO)cc2)c(F)c1. The lowest BCUT2D eigenvalue weighted by atomic mass is 10.1. The monoisotopic (exact) mass is 289 g/mol. The van der Waals surface area contributed by atoms with E-state index in [4.69, 9.17) is 9.84 Å². The van der Waals surface area contributed by atoms with E-state index in [1.807, 2.05) is 31.2 Å². The number of hydrogen-bond donors (Lipinski definition) is 2. The van der Waals surface area contributed by atoms with Gasteiger partial charge in [-0.3, -0.25) is 0 Å². The molecule has 0 aliphatic heterocycles. The zero-order valence-electron chi connectivity index (χ0n) is 12.3. The predicted octanol–water partition coefficient (Wildman–Crippen LogP) is 3.54. The molecule has 112 valence electrons. The molecule has 3 nitrogen and oxygen atoms in total. The van der Waals surface area contributed by atoms with Crippen LogP contribution in [0.25, 0.3) is 0 Å². The number of nitrogens with one attached hydrogen (secondary N) is 1. The van der Waals surface area contributed by atoms with Gasteiger partial charge >= 0.3 is 0 Å². The van der Waals surface area contributed by atoms with Crippen LogP contribution in [0.4, 0.5) is 10.1 Å². The molecule has 0 saturated carbocycles. The highest BCUT2D eigenvalue weighted by atomic mass is 19.1. The Morgan fingerprint density at radius 3 is 2.48 bits per heavy atom. The molecule has 0 radical (unpaired) electrons. The molecule has 0 aliphatic rings. The van der Waals surface area contributed by atoms with E-state index in [1.54, 1.807) is 12.1 Å². The van der Waals surface area contributed by atoms with Gasteiger partial charge in [0, 0.05) is 23.9 Å². The maximum absolute atomic E-state index is 14.0. The number of halogens is 1. The summed E-state index contributed by atoms with van der Waals surface area (Å²) in [6.07, 6.45) is 0.642. The quantitative estimate of drug-likeness (QED) is 0.854. The molecular weight excluding hydrogens is 269 g/mol. The van der Waals surface area contributed by atoms with Crippen molar-refractivity contribution in [3.63, 3.8) is 0 Å². The summed E-state index contributed by atoms with van der Waals surface area (Å²) >= 11 is 0. The molecule has 0 spiro atoms. The average Bonchev–Trinajstić information content (AvgIpc) is 2.49. The van der Waals surface area contributed by atoms with Crippen molar-refractivity contribution in [3.8, 4) is 5.75 Å². The molecule has 0 amide bonds. The van der Waals surface area contributed by atoms with Crippen molar-refractivity contribution < 1.29 is 14.2 Å². The van der Waals surface area contributed by atoms with Gasteiger partial charge in [0.05, 0.1) is 13.2 Å². The number of methoxy groups -OCH3 is 1. The molecular formula is C17H20FNO2. The van der Waals surface area contributed by atoms with Crippen LogP contribution in [-0.2, 0) is 6.42 Å². The highest BCUT2D eigenvalue weighted by molar-refractivity contribution is 5.47. The van der Waals surface area contributed by atoms with Crippen LogP contribution in [-0.4, -0.2) is 18.8 Å². The highest BCUT2D eigenvalue weighted by Crippen LogP contribution is 2.25. The van der Waals surface area contributed by atoms with Crippen LogP contribution in [0.5, 0.6) is 5.75 Å². The molecule has 0 saturated heterocycles. The standard InChI is InChI=1S/C17H20FNO2/c1-12(16-8-7-15(21-2)11-17(16)18)19-14-5-3-13(4-6-14)9-10-20/h3-8,11-12,19-20H,9-10H2,1-2H3. The molecule has 2 rings (SSSR count). The number of aliphatic hydroxyl groups is 1. The second-order valence-corrected chi connectivity index (χ2v) is 4.92. The fourth-order valence-corrected chi connectivity index (χ4v) is 2.21. The molecule has 21 heavy (non-hydrogen) atoms. The molecule has 4 heteroatoms. The zero-order chi connectivity index (χ0) is 15.2. The van der Waals surface area contributed by atoms with Gasteiger partial charge in [-0.2, -0.15) is 0 Å². The van der Waals surface area contributed by atoms with Crippen LogP contribution in [0.2, 0.25) is 0 Å². The van der Waals surface area contributed by atoms with E-state index in [1.165, 1.54) is 13.2 Å². The third-order valence-corrected chi connectivity index (χ3v) is 3.41.